The molecule has 142 valence electrons. The number of hydrogen-bond acceptors (Lipinski definition) is 5. The van der Waals surface area contributed by atoms with E-state index < -0.39 is 0 Å². The van der Waals surface area contributed by atoms with Crippen molar-refractivity contribution in [3.8, 4) is 0 Å². The molecule has 6 heteroatoms. The molecule has 0 radical (unpaired) electrons. The van der Waals surface area contributed by atoms with Crippen molar-refractivity contribution in [2.24, 2.45) is 0 Å². The molecule has 0 saturated heterocycles. The van der Waals surface area contributed by atoms with Gasteiger partial charge in [-0.25, -0.2) is 4.68 Å². The highest BCUT2D eigenvalue weighted by atomic mass is 15.6. The zero-order valence-electron chi connectivity index (χ0n) is 16.6. The molecule has 0 N–H and O–H groups in total. The van der Waals surface area contributed by atoms with E-state index in [0.717, 1.165) is 30.9 Å². The Balaban J connectivity index is 2.06. The first-order valence-electron chi connectivity index (χ1n) is 9.53. The average Bonchev–Trinajstić information content (AvgIpc) is 3.19. The molecule has 0 aliphatic heterocycles. The molecule has 27 heavy (non-hydrogen) atoms. The fraction of sp³-hybridized carbons (Fsp3) is 0.429. The van der Waals surface area contributed by atoms with Crippen LogP contribution in [0.1, 0.15) is 57.1 Å². The summed E-state index contributed by atoms with van der Waals surface area (Å²) in [5, 5.41) is 12.8. The van der Waals surface area contributed by atoms with Gasteiger partial charge in [0.1, 0.15) is 0 Å². The lowest BCUT2D eigenvalue weighted by Gasteiger charge is -2.33. The third-order valence-electron chi connectivity index (χ3n) is 5.18. The summed E-state index contributed by atoms with van der Waals surface area (Å²) >= 11 is 0. The molecule has 3 rings (SSSR count). The highest BCUT2D eigenvalue weighted by molar-refractivity contribution is 5.23. The lowest BCUT2D eigenvalue weighted by atomic mass is 10.00. The van der Waals surface area contributed by atoms with Gasteiger partial charge in [0.2, 0.25) is 0 Å². The molecule has 3 aromatic rings. The Morgan fingerprint density at radius 2 is 1.85 bits per heavy atom. The van der Waals surface area contributed by atoms with Gasteiger partial charge in [-0.2, -0.15) is 0 Å². The normalized spacial score (nSPS) is 13.1. The van der Waals surface area contributed by atoms with Crippen molar-refractivity contribution >= 4 is 0 Å². The van der Waals surface area contributed by atoms with Crippen LogP contribution in [0.25, 0.3) is 0 Å². The predicted molar refractivity (Wildman–Crippen MR) is 106 cm³/mol. The van der Waals surface area contributed by atoms with Gasteiger partial charge in [-0.3, -0.25) is 9.88 Å². The van der Waals surface area contributed by atoms with Crippen LogP contribution in [-0.4, -0.2) is 36.6 Å². The molecular weight excluding hydrogens is 336 g/mol. The zero-order chi connectivity index (χ0) is 19.3. The maximum Gasteiger partial charge on any atom is 0.173 e. The van der Waals surface area contributed by atoms with Gasteiger partial charge >= 0.3 is 0 Å². The number of benzene rings is 1. The van der Waals surface area contributed by atoms with Gasteiger partial charge in [0.05, 0.1) is 11.6 Å². The molecule has 1 aromatic carbocycles. The average molecular weight is 364 g/mol. The van der Waals surface area contributed by atoms with Crippen LogP contribution in [0.2, 0.25) is 0 Å². The van der Waals surface area contributed by atoms with Gasteiger partial charge in [-0.1, -0.05) is 50.2 Å². The Morgan fingerprint density at radius 3 is 2.48 bits per heavy atom. The van der Waals surface area contributed by atoms with Gasteiger partial charge in [0.15, 0.2) is 5.82 Å². The number of rotatable bonds is 8. The van der Waals surface area contributed by atoms with E-state index in [-0.39, 0.29) is 11.6 Å². The number of hydrogen-bond donors (Lipinski definition) is 0. The number of nitrogens with zero attached hydrogens (tertiary/aromatic N) is 6. The SMILES string of the molecule is CCN(Cc1ccccc1)C(c1cccnc1)c1nnnn1C(C)(C)CC. The van der Waals surface area contributed by atoms with Crippen molar-refractivity contribution in [2.45, 2.75) is 52.2 Å². The largest absolute Gasteiger partial charge is 0.286 e. The molecule has 2 aromatic heterocycles. The third kappa shape index (κ3) is 4.22. The Kier molecular flexibility index (Phi) is 5.96. The van der Waals surface area contributed by atoms with Gasteiger partial charge in [-0.05, 0) is 54.4 Å². The molecule has 0 saturated carbocycles. The molecule has 0 aliphatic rings. The van der Waals surface area contributed by atoms with Gasteiger partial charge in [0.25, 0.3) is 0 Å². The summed E-state index contributed by atoms with van der Waals surface area (Å²) in [6, 6.07) is 14.5. The summed E-state index contributed by atoms with van der Waals surface area (Å²) in [5.41, 5.74) is 2.20. The smallest absolute Gasteiger partial charge is 0.173 e. The van der Waals surface area contributed by atoms with E-state index in [1.54, 1.807) is 6.20 Å². The summed E-state index contributed by atoms with van der Waals surface area (Å²) in [6.45, 7) is 10.4. The summed E-state index contributed by atoms with van der Waals surface area (Å²) < 4.78 is 1.97. The minimum atomic E-state index is -0.161. The molecule has 0 amide bonds. The summed E-state index contributed by atoms with van der Waals surface area (Å²) in [7, 11) is 0. The highest BCUT2D eigenvalue weighted by Crippen LogP contribution is 2.31. The Morgan fingerprint density at radius 1 is 1.07 bits per heavy atom. The fourth-order valence-corrected chi connectivity index (χ4v) is 3.21. The number of pyridine rings is 1. The van der Waals surface area contributed by atoms with Crippen molar-refractivity contribution in [1.82, 2.24) is 30.1 Å². The van der Waals surface area contributed by atoms with Crippen molar-refractivity contribution in [3.63, 3.8) is 0 Å². The standard InChI is InChI=1S/C21H28N6/c1-5-21(3,4)27-20(23-24-25-27)19(18-13-10-14-22-15-18)26(6-2)16-17-11-8-7-9-12-17/h7-15,19H,5-6,16H2,1-4H3. The second-order valence-corrected chi connectivity index (χ2v) is 7.35. The van der Waals surface area contributed by atoms with Crippen LogP contribution in [-0.2, 0) is 12.1 Å². The third-order valence-corrected chi connectivity index (χ3v) is 5.18. The van der Waals surface area contributed by atoms with Gasteiger partial charge in [0, 0.05) is 18.9 Å². The van der Waals surface area contributed by atoms with Crippen molar-refractivity contribution in [2.75, 3.05) is 6.54 Å². The van der Waals surface area contributed by atoms with Crippen LogP contribution < -0.4 is 0 Å². The van der Waals surface area contributed by atoms with Crippen LogP contribution in [0.3, 0.4) is 0 Å². The lowest BCUT2D eigenvalue weighted by molar-refractivity contribution is 0.197. The Hall–Kier alpha value is -2.60. The van der Waals surface area contributed by atoms with Crippen molar-refractivity contribution < 1.29 is 0 Å². The Labute approximate surface area is 161 Å². The van der Waals surface area contributed by atoms with E-state index in [0.29, 0.717) is 0 Å². The minimum absolute atomic E-state index is 0.0651. The first kappa shape index (κ1) is 19.2. The molecule has 1 atom stereocenters. The predicted octanol–water partition coefficient (Wildman–Crippen LogP) is 3.82. The second kappa shape index (κ2) is 8.39. The van der Waals surface area contributed by atoms with Gasteiger partial charge in [-0.15, -0.1) is 5.10 Å². The van der Waals surface area contributed by atoms with Crippen LogP contribution >= 0.6 is 0 Å². The Bertz CT molecular complexity index is 828. The van der Waals surface area contributed by atoms with Crippen LogP contribution in [0.4, 0.5) is 0 Å². The van der Waals surface area contributed by atoms with E-state index in [1.807, 2.05) is 23.0 Å². The lowest BCUT2D eigenvalue weighted by Crippen LogP contribution is -2.36. The first-order valence-corrected chi connectivity index (χ1v) is 9.53. The molecule has 0 bridgehead atoms. The molecule has 0 fully saturated rings. The topological polar surface area (TPSA) is 59.7 Å². The highest BCUT2D eigenvalue weighted by Gasteiger charge is 2.32. The van der Waals surface area contributed by atoms with E-state index in [2.05, 4.69) is 83.4 Å². The molecule has 0 spiro atoms. The number of aromatic nitrogens is 5. The summed E-state index contributed by atoms with van der Waals surface area (Å²) in [5.74, 6) is 0.854. The van der Waals surface area contributed by atoms with Crippen molar-refractivity contribution in [3.05, 3.63) is 71.8 Å². The van der Waals surface area contributed by atoms with Crippen molar-refractivity contribution in [1.29, 1.82) is 0 Å². The quantitative estimate of drug-likeness (QED) is 0.608. The minimum Gasteiger partial charge on any atom is -0.286 e. The molecule has 6 nitrogen and oxygen atoms in total. The fourth-order valence-electron chi connectivity index (χ4n) is 3.21. The molecule has 0 aliphatic carbocycles. The van der Waals surface area contributed by atoms with E-state index in [9.17, 15) is 0 Å². The first-order chi connectivity index (χ1) is 13.1. The van der Waals surface area contributed by atoms with Crippen LogP contribution in [0, 0.1) is 0 Å². The molecule has 2 heterocycles. The van der Waals surface area contributed by atoms with Gasteiger partial charge < -0.3 is 0 Å². The second-order valence-electron chi connectivity index (χ2n) is 7.35. The van der Waals surface area contributed by atoms with E-state index in [4.69, 9.17) is 0 Å². The molecular formula is C21H28N6. The van der Waals surface area contributed by atoms with E-state index in [1.165, 1.54) is 5.56 Å². The number of tetrazole rings is 1. The maximum absolute atomic E-state index is 4.45. The van der Waals surface area contributed by atoms with Crippen LogP contribution in [0.15, 0.2) is 54.9 Å². The molecule has 1 unspecified atom stereocenters. The monoisotopic (exact) mass is 364 g/mol. The van der Waals surface area contributed by atoms with Crippen LogP contribution in [0.5, 0.6) is 0 Å². The maximum atomic E-state index is 4.45. The summed E-state index contributed by atoms with van der Waals surface area (Å²) in [6.07, 6.45) is 4.65. The van der Waals surface area contributed by atoms with E-state index >= 15 is 0 Å². The zero-order valence-corrected chi connectivity index (χ0v) is 16.6. The summed E-state index contributed by atoms with van der Waals surface area (Å²) in [4.78, 5) is 6.74.